The van der Waals surface area contributed by atoms with Crippen LogP contribution < -0.4 is 0 Å². The van der Waals surface area contributed by atoms with E-state index in [1.54, 1.807) is 34.2 Å². The first kappa shape index (κ1) is 19.1. The number of nitrogens with zero attached hydrogens (tertiary/aromatic N) is 5. The number of carbonyl (C=O) groups is 3. The Morgan fingerprint density at radius 2 is 1.31 bits per heavy atom. The van der Waals surface area contributed by atoms with Crippen molar-refractivity contribution in [2.24, 2.45) is 0 Å². The van der Waals surface area contributed by atoms with E-state index in [1.807, 2.05) is 0 Å². The third-order valence-electron chi connectivity index (χ3n) is 5.33. The lowest BCUT2D eigenvalue weighted by Crippen LogP contribution is -2.54. The van der Waals surface area contributed by atoms with Crippen LogP contribution in [0.4, 0.5) is 4.39 Å². The fourth-order valence-corrected chi connectivity index (χ4v) is 3.64. The van der Waals surface area contributed by atoms with Crippen LogP contribution in [0.3, 0.4) is 0 Å². The summed E-state index contributed by atoms with van der Waals surface area (Å²) < 4.78 is 14.6. The van der Waals surface area contributed by atoms with E-state index in [-0.39, 0.29) is 17.4 Å². The molecule has 0 radical (unpaired) electrons. The predicted molar refractivity (Wildman–Crippen MR) is 102 cm³/mol. The highest BCUT2D eigenvalue weighted by molar-refractivity contribution is 6.35. The molecule has 3 amide bonds. The Hall–Kier alpha value is -3.23. The van der Waals surface area contributed by atoms with Crippen molar-refractivity contribution in [2.45, 2.75) is 12.8 Å². The zero-order valence-corrected chi connectivity index (χ0v) is 16.0. The Kier molecular flexibility index (Phi) is 5.28. The average molecular weight is 399 g/mol. The van der Waals surface area contributed by atoms with Crippen molar-refractivity contribution in [1.82, 2.24) is 24.5 Å². The number of piperazine rings is 1. The zero-order valence-electron chi connectivity index (χ0n) is 16.0. The Balaban J connectivity index is 1.35. The van der Waals surface area contributed by atoms with Crippen LogP contribution in [0.1, 0.15) is 23.3 Å². The number of benzene rings is 1. The van der Waals surface area contributed by atoms with E-state index in [2.05, 4.69) is 5.10 Å². The molecule has 0 saturated carbocycles. The molecule has 0 unspecified atom stereocenters. The molecule has 1 aromatic carbocycles. The molecule has 2 saturated heterocycles. The number of likely N-dealkylation sites (tertiary alicyclic amines) is 1. The minimum Gasteiger partial charge on any atom is -0.334 e. The molecule has 0 N–H and O–H groups in total. The molecule has 2 aliphatic rings. The number of amides is 3. The van der Waals surface area contributed by atoms with Gasteiger partial charge in [-0.15, -0.1) is 0 Å². The summed E-state index contributed by atoms with van der Waals surface area (Å²) in [6.45, 7) is 2.62. The van der Waals surface area contributed by atoms with Crippen molar-refractivity contribution in [2.75, 3.05) is 39.3 Å². The Bertz CT molecular complexity index is 912. The molecule has 9 heteroatoms. The highest BCUT2D eigenvalue weighted by Gasteiger charge is 2.32. The van der Waals surface area contributed by atoms with Gasteiger partial charge in [0.2, 0.25) is 0 Å². The van der Waals surface area contributed by atoms with Crippen LogP contribution in [0.5, 0.6) is 0 Å². The molecule has 29 heavy (non-hydrogen) atoms. The van der Waals surface area contributed by atoms with Crippen LogP contribution in [0.15, 0.2) is 36.5 Å². The van der Waals surface area contributed by atoms with E-state index in [9.17, 15) is 18.8 Å². The minimum atomic E-state index is -0.486. The van der Waals surface area contributed by atoms with Crippen LogP contribution in [-0.2, 0) is 9.59 Å². The van der Waals surface area contributed by atoms with Gasteiger partial charge in [0.05, 0.1) is 5.69 Å². The maximum atomic E-state index is 13.1. The molecule has 152 valence electrons. The number of hydrogen-bond donors (Lipinski definition) is 0. The van der Waals surface area contributed by atoms with Gasteiger partial charge >= 0.3 is 11.8 Å². The topological polar surface area (TPSA) is 78.8 Å². The van der Waals surface area contributed by atoms with Gasteiger partial charge in [0.25, 0.3) is 5.91 Å². The van der Waals surface area contributed by atoms with Gasteiger partial charge in [0, 0.05) is 45.5 Å². The normalized spacial score (nSPS) is 16.9. The maximum absolute atomic E-state index is 13.1. The van der Waals surface area contributed by atoms with Crippen molar-refractivity contribution in [3.05, 3.63) is 48.0 Å². The SMILES string of the molecule is O=C(C(=O)N1CCN(C(=O)c2ccn(-c3ccc(F)cc3)n2)CC1)N1CCCC1. The Morgan fingerprint density at radius 1 is 0.759 bits per heavy atom. The van der Waals surface area contributed by atoms with E-state index in [0.29, 0.717) is 45.0 Å². The number of halogens is 1. The van der Waals surface area contributed by atoms with E-state index >= 15 is 0 Å². The number of rotatable bonds is 2. The monoisotopic (exact) mass is 399 g/mol. The minimum absolute atomic E-state index is 0.233. The summed E-state index contributed by atoms with van der Waals surface area (Å²) in [5.41, 5.74) is 0.934. The predicted octanol–water partition coefficient (Wildman–Crippen LogP) is 0.918. The molecule has 2 aliphatic heterocycles. The summed E-state index contributed by atoms with van der Waals surface area (Å²) in [7, 11) is 0. The van der Waals surface area contributed by atoms with Gasteiger partial charge in [0.15, 0.2) is 5.69 Å². The molecule has 2 fully saturated rings. The molecule has 0 bridgehead atoms. The van der Waals surface area contributed by atoms with Crippen LogP contribution in [0, 0.1) is 5.82 Å². The molecule has 4 rings (SSSR count). The summed E-state index contributed by atoms with van der Waals surface area (Å²) in [4.78, 5) is 42.1. The number of hydrogen-bond acceptors (Lipinski definition) is 4. The summed E-state index contributed by atoms with van der Waals surface area (Å²) in [5.74, 6) is -1.50. The second-order valence-electron chi connectivity index (χ2n) is 7.21. The van der Waals surface area contributed by atoms with Crippen molar-refractivity contribution in [1.29, 1.82) is 0 Å². The fourth-order valence-electron chi connectivity index (χ4n) is 3.64. The summed E-state index contributed by atoms with van der Waals surface area (Å²) >= 11 is 0. The van der Waals surface area contributed by atoms with Crippen molar-refractivity contribution in [3.63, 3.8) is 0 Å². The van der Waals surface area contributed by atoms with E-state index in [4.69, 9.17) is 0 Å². The van der Waals surface area contributed by atoms with Crippen LogP contribution in [-0.4, -0.2) is 81.5 Å². The lowest BCUT2D eigenvalue weighted by Gasteiger charge is -2.34. The molecule has 2 aromatic rings. The van der Waals surface area contributed by atoms with Gasteiger partial charge in [-0.2, -0.15) is 5.10 Å². The zero-order chi connectivity index (χ0) is 20.4. The van der Waals surface area contributed by atoms with Gasteiger partial charge in [-0.25, -0.2) is 9.07 Å². The second kappa shape index (κ2) is 8.02. The second-order valence-corrected chi connectivity index (χ2v) is 7.21. The van der Waals surface area contributed by atoms with Gasteiger partial charge < -0.3 is 14.7 Å². The third kappa shape index (κ3) is 3.98. The number of carbonyl (C=O) groups excluding carboxylic acids is 3. The summed E-state index contributed by atoms with van der Waals surface area (Å²) in [6, 6.07) is 7.44. The molecule has 8 nitrogen and oxygen atoms in total. The van der Waals surface area contributed by atoms with E-state index in [0.717, 1.165) is 12.8 Å². The quantitative estimate of drug-likeness (QED) is 0.704. The van der Waals surface area contributed by atoms with Crippen LogP contribution in [0.25, 0.3) is 5.69 Å². The lowest BCUT2D eigenvalue weighted by atomic mass is 10.2. The smallest absolute Gasteiger partial charge is 0.312 e. The summed E-state index contributed by atoms with van der Waals surface area (Å²) in [5, 5.41) is 4.28. The van der Waals surface area contributed by atoms with Crippen LogP contribution in [0.2, 0.25) is 0 Å². The Morgan fingerprint density at radius 3 is 1.93 bits per heavy atom. The highest BCUT2D eigenvalue weighted by Crippen LogP contribution is 2.13. The molecule has 0 spiro atoms. The van der Waals surface area contributed by atoms with Gasteiger partial charge in [0.1, 0.15) is 5.82 Å². The molecule has 1 aromatic heterocycles. The number of aromatic nitrogens is 2. The van der Waals surface area contributed by atoms with Crippen LogP contribution >= 0.6 is 0 Å². The molecule has 0 atom stereocenters. The highest BCUT2D eigenvalue weighted by atomic mass is 19.1. The van der Waals surface area contributed by atoms with E-state index in [1.165, 1.54) is 21.7 Å². The van der Waals surface area contributed by atoms with E-state index < -0.39 is 11.8 Å². The molecule has 3 heterocycles. The Labute approximate surface area is 167 Å². The molecular formula is C20H22FN5O3. The first-order valence-corrected chi connectivity index (χ1v) is 9.72. The maximum Gasteiger partial charge on any atom is 0.312 e. The average Bonchev–Trinajstić information content (AvgIpc) is 3.45. The molecule has 0 aliphatic carbocycles. The standard InChI is InChI=1S/C20H22FN5O3/c21-15-3-5-16(6-4-15)26-10-7-17(22-26)18(27)24-11-13-25(14-12-24)20(29)19(28)23-8-1-2-9-23/h3-7,10H,1-2,8-9,11-14H2. The first-order chi connectivity index (χ1) is 14.0. The largest absolute Gasteiger partial charge is 0.334 e. The fraction of sp³-hybridized carbons (Fsp3) is 0.400. The van der Waals surface area contributed by atoms with Gasteiger partial charge in [-0.05, 0) is 43.2 Å². The third-order valence-corrected chi connectivity index (χ3v) is 5.33. The van der Waals surface area contributed by atoms with Crippen molar-refractivity contribution >= 4 is 17.7 Å². The van der Waals surface area contributed by atoms with Crippen molar-refractivity contribution < 1.29 is 18.8 Å². The first-order valence-electron chi connectivity index (χ1n) is 9.72. The lowest BCUT2D eigenvalue weighted by molar-refractivity contribution is -0.152. The van der Waals surface area contributed by atoms with Gasteiger partial charge in [-0.3, -0.25) is 14.4 Å². The van der Waals surface area contributed by atoms with Crippen molar-refractivity contribution in [3.8, 4) is 5.69 Å². The van der Waals surface area contributed by atoms with Gasteiger partial charge in [-0.1, -0.05) is 0 Å². The molecular weight excluding hydrogens is 377 g/mol. The summed E-state index contributed by atoms with van der Waals surface area (Å²) in [6.07, 6.45) is 3.52.